The third kappa shape index (κ3) is 3.50. The van der Waals surface area contributed by atoms with Crippen LogP contribution in [0.3, 0.4) is 0 Å². The molecule has 0 atom stereocenters. The number of aromatic nitrogens is 2. The highest BCUT2D eigenvalue weighted by molar-refractivity contribution is 5.94. The Balaban J connectivity index is 1.63. The highest BCUT2D eigenvalue weighted by atomic mass is 16.2. The van der Waals surface area contributed by atoms with Gasteiger partial charge in [-0.2, -0.15) is 0 Å². The quantitative estimate of drug-likeness (QED) is 0.644. The van der Waals surface area contributed by atoms with E-state index in [1.807, 2.05) is 0 Å². The number of aromatic amines is 2. The van der Waals surface area contributed by atoms with Gasteiger partial charge < -0.3 is 20.6 Å². The number of nitrogens with one attached hydrogen (secondary N) is 4. The molecule has 4 N–H and O–H groups in total. The van der Waals surface area contributed by atoms with Crippen molar-refractivity contribution < 1.29 is 4.79 Å². The summed E-state index contributed by atoms with van der Waals surface area (Å²) in [5, 5.41) is 6.19. The number of fused-ring (bicyclic) bond motifs is 1. The van der Waals surface area contributed by atoms with Crippen molar-refractivity contribution in [2.24, 2.45) is 0 Å². The minimum Gasteiger partial charge on any atom is -0.325 e. The second kappa shape index (κ2) is 6.11. The topological polar surface area (TPSA) is 93.0 Å². The molecule has 7 nitrogen and oxygen atoms in total. The third-order valence-corrected chi connectivity index (χ3v) is 3.60. The fourth-order valence-corrected chi connectivity index (χ4v) is 2.57. The number of rotatable bonds is 3. The van der Waals surface area contributed by atoms with E-state index >= 15 is 0 Å². The van der Waals surface area contributed by atoms with Crippen molar-refractivity contribution in [3.05, 3.63) is 28.7 Å². The van der Waals surface area contributed by atoms with Gasteiger partial charge in [0.15, 0.2) is 0 Å². The summed E-state index contributed by atoms with van der Waals surface area (Å²) >= 11 is 0. The summed E-state index contributed by atoms with van der Waals surface area (Å²) in [6, 6.07) is 5.32. The summed E-state index contributed by atoms with van der Waals surface area (Å²) in [5.41, 5.74) is 1.87. The van der Waals surface area contributed by atoms with Gasteiger partial charge in [0.05, 0.1) is 17.6 Å². The second-order valence-corrected chi connectivity index (χ2v) is 5.27. The van der Waals surface area contributed by atoms with E-state index < -0.39 is 0 Å². The van der Waals surface area contributed by atoms with E-state index in [1.54, 1.807) is 18.2 Å². The molecule has 0 aliphatic carbocycles. The van der Waals surface area contributed by atoms with Gasteiger partial charge in [0.2, 0.25) is 5.91 Å². The summed E-state index contributed by atoms with van der Waals surface area (Å²) < 4.78 is 0. The van der Waals surface area contributed by atoms with Crippen molar-refractivity contribution in [2.45, 2.75) is 6.42 Å². The van der Waals surface area contributed by atoms with Gasteiger partial charge in [0, 0.05) is 18.8 Å². The van der Waals surface area contributed by atoms with E-state index in [-0.39, 0.29) is 11.6 Å². The van der Waals surface area contributed by atoms with Crippen LogP contribution in [0.4, 0.5) is 5.69 Å². The highest BCUT2D eigenvalue weighted by Crippen LogP contribution is 2.14. The van der Waals surface area contributed by atoms with Crippen LogP contribution < -0.4 is 16.3 Å². The zero-order chi connectivity index (χ0) is 14.7. The maximum Gasteiger partial charge on any atom is 0.323 e. The lowest BCUT2D eigenvalue weighted by Crippen LogP contribution is -2.35. The number of nitrogens with zero attached hydrogens (tertiary/aromatic N) is 1. The SMILES string of the molecule is O=C(CN1CCCNCC1)Nc1ccc2[nH]c(=O)[nH]c2c1. The molecule has 112 valence electrons. The average molecular weight is 289 g/mol. The van der Waals surface area contributed by atoms with E-state index in [4.69, 9.17) is 0 Å². The maximum absolute atomic E-state index is 12.1. The lowest BCUT2D eigenvalue weighted by atomic mass is 10.2. The van der Waals surface area contributed by atoms with Gasteiger partial charge in [-0.05, 0) is 37.7 Å². The Bertz CT molecular complexity index is 682. The molecule has 0 bridgehead atoms. The van der Waals surface area contributed by atoms with Gasteiger partial charge in [-0.3, -0.25) is 9.69 Å². The molecule has 21 heavy (non-hydrogen) atoms. The largest absolute Gasteiger partial charge is 0.325 e. The summed E-state index contributed by atoms with van der Waals surface area (Å²) in [6.07, 6.45) is 1.06. The molecule has 2 aromatic rings. The maximum atomic E-state index is 12.1. The zero-order valence-electron chi connectivity index (χ0n) is 11.7. The van der Waals surface area contributed by atoms with Crippen LogP contribution in [0, 0.1) is 0 Å². The highest BCUT2D eigenvalue weighted by Gasteiger charge is 2.13. The molecule has 2 heterocycles. The molecule has 0 saturated carbocycles. The fraction of sp³-hybridized carbons (Fsp3) is 0.429. The molecule has 0 radical (unpaired) electrons. The van der Waals surface area contributed by atoms with Crippen LogP contribution >= 0.6 is 0 Å². The Hall–Kier alpha value is -2.12. The van der Waals surface area contributed by atoms with E-state index in [0.29, 0.717) is 17.7 Å². The number of amides is 1. The van der Waals surface area contributed by atoms with E-state index in [9.17, 15) is 9.59 Å². The molecule has 1 saturated heterocycles. The molecule has 1 aliphatic heterocycles. The van der Waals surface area contributed by atoms with Crippen LogP contribution in [0.1, 0.15) is 6.42 Å². The Morgan fingerprint density at radius 1 is 1.19 bits per heavy atom. The summed E-state index contributed by atoms with van der Waals surface area (Å²) in [6.45, 7) is 4.14. The molecule has 1 aromatic carbocycles. The molecule has 1 aromatic heterocycles. The Kier molecular flexibility index (Phi) is 4.03. The van der Waals surface area contributed by atoms with Crippen LogP contribution in [0.25, 0.3) is 11.0 Å². The van der Waals surface area contributed by atoms with Crippen LogP contribution in [-0.2, 0) is 4.79 Å². The van der Waals surface area contributed by atoms with Gasteiger partial charge >= 0.3 is 5.69 Å². The molecule has 0 spiro atoms. The predicted molar refractivity (Wildman–Crippen MR) is 81.5 cm³/mol. The van der Waals surface area contributed by atoms with Gasteiger partial charge in [0.25, 0.3) is 0 Å². The van der Waals surface area contributed by atoms with Crippen molar-refractivity contribution in [2.75, 3.05) is 38.0 Å². The Labute approximate surface area is 121 Å². The van der Waals surface area contributed by atoms with Crippen molar-refractivity contribution in [1.82, 2.24) is 20.2 Å². The van der Waals surface area contributed by atoms with Crippen LogP contribution in [0.2, 0.25) is 0 Å². The van der Waals surface area contributed by atoms with E-state index in [1.165, 1.54) is 0 Å². The number of benzene rings is 1. The van der Waals surface area contributed by atoms with Crippen LogP contribution in [-0.4, -0.2) is 53.5 Å². The molecule has 0 unspecified atom stereocenters. The normalized spacial score (nSPS) is 16.8. The molecular weight excluding hydrogens is 270 g/mol. The fourth-order valence-electron chi connectivity index (χ4n) is 2.57. The molecule has 1 aliphatic rings. The summed E-state index contributed by atoms with van der Waals surface area (Å²) in [4.78, 5) is 30.8. The Morgan fingerprint density at radius 3 is 2.95 bits per heavy atom. The number of carbonyl (C=O) groups is 1. The van der Waals surface area contributed by atoms with Gasteiger partial charge in [-0.15, -0.1) is 0 Å². The number of hydrogen-bond acceptors (Lipinski definition) is 4. The van der Waals surface area contributed by atoms with Gasteiger partial charge in [-0.25, -0.2) is 4.79 Å². The van der Waals surface area contributed by atoms with Crippen LogP contribution in [0.15, 0.2) is 23.0 Å². The van der Waals surface area contributed by atoms with Crippen molar-refractivity contribution in [3.63, 3.8) is 0 Å². The number of imidazole rings is 1. The number of hydrogen-bond donors (Lipinski definition) is 4. The van der Waals surface area contributed by atoms with E-state index in [2.05, 4.69) is 25.5 Å². The second-order valence-electron chi connectivity index (χ2n) is 5.27. The van der Waals surface area contributed by atoms with Crippen molar-refractivity contribution >= 4 is 22.6 Å². The van der Waals surface area contributed by atoms with Crippen molar-refractivity contribution in [3.8, 4) is 0 Å². The van der Waals surface area contributed by atoms with E-state index in [0.717, 1.165) is 38.1 Å². The standard InChI is InChI=1S/C14H19N5O2/c20-13(9-19-6-1-4-15-5-7-19)16-10-2-3-11-12(8-10)18-14(21)17-11/h2-3,8,15H,1,4-7,9H2,(H,16,20)(H2,17,18,21). The van der Waals surface area contributed by atoms with Crippen molar-refractivity contribution in [1.29, 1.82) is 0 Å². The molecule has 7 heteroatoms. The lowest BCUT2D eigenvalue weighted by molar-refractivity contribution is -0.117. The zero-order valence-corrected chi connectivity index (χ0v) is 11.7. The molecule has 3 rings (SSSR count). The smallest absolute Gasteiger partial charge is 0.323 e. The first-order chi connectivity index (χ1) is 10.2. The number of H-pyrrole nitrogens is 2. The molecule has 1 amide bonds. The average Bonchev–Trinajstić information content (AvgIpc) is 2.64. The predicted octanol–water partition coefficient (Wildman–Crippen LogP) is 0.0900. The van der Waals surface area contributed by atoms with Gasteiger partial charge in [0.1, 0.15) is 0 Å². The minimum absolute atomic E-state index is 0.0332. The number of carbonyl (C=O) groups excluding carboxylic acids is 1. The summed E-state index contributed by atoms with van der Waals surface area (Å²) in [5.74, 6) is -0.0332. The first-order valence-corrected chi connectivity index (χ1v) is 7.16. The summed E-state index contributed by atoms with van der Waals surface area (Å²) in [7, 11) is 0. The molecular formula is C14H19N5O2. The Morgan fingerprint density at radius 2 is 2.05 bits per heavy atom. The first kappa shape index (κ1) is 13.8. The van der Waals surface area contributed by atoms with Crippen LogP contribution in [0.5, 0.6) is 0 Å². The monoisotopic (exact) mass is 289 g/mol. The lowest BCUT2D eigenvalue weighted by Gasteiger charge is -2.18. The number of anilines is 1. The minimum atomic E-state index is -0.245. The molecule has 1 fully saturated rings. The van der Waals surface area contributed by atoms with Gasteiger partial charge in [-0.1, -0.05) is 0 Å². The first-order valence-electron chi connectivity index (χ1n) is 7.16. The third-order valence-electron chi connectivity index (χ3n) is 3.60.